The summed E-state index contributed by atoms with van der Waals surface area (Å²) in [5, 5.41) is 10.9. The summed E-state index contributed by atoms with van der Waals surface area (Å²) in [6, 6.07) is 4.55. The Morgan fingerprint density at radius 3 is 2.17 bits per heavy atom. The van der Waals surface area contributed by atoms with Crippen LogP contribution < -0.4 is 9.84 Å². The summed E-state index contributed by atoms with van der Waals surface area (Å²) in [5.41, 5.74) is 0.622. The van der Waals surface area contributed by atoms with E-state index in [2.05, 4.69) is 11.3 Å². The minimum atomic E-state index is -4.77. The van der Waals surface area contributed by atoms with E-state index < -0.39 is 24.0 Å². The van der Waals surface area contributed by atoms with Gasteiger partial charge >= 0.3 is 6.36 Å². The molecular formula is C12H10F3O3-. The normalized spacial score (nSPS) is 12.9. The van der Waals surface area contributed by atoms with Gasteiger partial charge in [-0.05, 0) is 24.6 Å². The summed E-state index contributed by atoms with van der Waals surface area (Å²) < 4.78 is 39.4. The number of ether oxygens (including phenoxy) is 1. The Kier molecular flexibility index (Phi) is 4.00. The molecule has 0 aromatic heterocycles. The molecule has 1 aromatic carbocycles. The van der Waals surface area contributed by atoms with E-state index in [0.717, 1.165) is 12.1 Å². The first-order valence-electron chi connectivity index (χ1n) is 4.92. The number of benzene rings is 1. The second-order valence-electron chi connectivity index (χ2n) is 3.72. The standard InChI is InChI=1S/C12H11F3O3/c1-7(2)10(11(16)17)8-3-5-9(6-4-8)18-12(13,14)15/h3-6,10H,1H2,2H3,(H,16,17)/p-1. The van der Waals surface area contributed by atoms with Crippen molar-refractivity contribution in [3.8, 4) is 5.75 Å². The molecule has 98 valence electrons. The maximum absolute atomic E-state index is 11.9. The van der Waals surface area contributed by atoms with Crippen LogP contribution in [-0.4, -0.2) is 12.3 Å². The largest absolute Gasteiger partial charge is 0.573 e. The molecule has 0 fully saturated rings. The Morgan fingerprint density at radius 2 is 1.83 bits per heavy atom. The molecule has 0 aliphatic carbocycles. The minimum absolute atomic E-state index is 0.289. The fourth-order valence-corrected chi connectivity index (χ4v) is 1.48. The second-order valence-corrected chi connectivity index (χ2v) is 3.72. The minimum Gasteiger partial charge on any atom is -0.549 e. The van der Waals surface area contributed by atoms with Gasteiger partial charge in [0.25, 0.3) is 0 Å². The van der Waals surface area contributed by atoms with Crippen LogP contribution >= 0.6 is 0 Å². The highest BCUT2D eigenvalue weighted by molar-refractivity contribution is 5.77. The van der Waals surface area contributed by atoms with Crippen LogP contribution in [0.2, 0.25) is 0 Å². The third kappa shape index (κ3) is 3.80. The van der Waals surface area contributed by atoms with Gasteiger partial charge in [-0.1, -0.05) is 24.3 Å². The second kappa shape index (κ2) is 5.12. The van der Waals surface area contributed by atoms with Crippen LogP contribution in [0.25, 0.3) is 0 Å². The van der Waals surface area contributed by atoms with Crippen molar-refractivity contribution >= 4 is 5.97 Å². The Bertz CT molecular complexity index is 435. The molecule has 0 saturated carbocycles. The molecule has 1 unspecified atom stereocenters. The lowest BCUT2D eigenvalue weighted by Crippen LogP contribution is -2.30. The van der Waals surface area contributed by atoms with Crippen molar-refractivity contribution in [3.05, 3.63) is 42.0 Å². The third-order valence-electron chi connectivity index (χ3n) is 2.18. The van der Waals surface area contributed by atoms with Gasteiger partial charge in [-0.3, -0.25) is 0 Å². The van der Waals surface area contributed by atoms with Gasteiger partial charge in [0.05, 0.1) is 5.97 Å². The molecule has 0 saturated heterocycles. The Morgan fingerprint density at radius 1 is 1.33 bits per heavy atom. The number of rotatable bonds is 4. The van der Waals surface area contributed by atoms with E-state index in [4.69, 9.17) is 0 Å². The van der Waals surface area contributed by atoms with Crippen molar-refractivity contribution in [3.63, 3.8) is 0 Å². The lowest BCUT2D eigenvalue weighted by atomic mass is 9.93. The molecule has 6 heteroatoms. The fourth-order valence-electron chi connectivity index (χ4n) is 1.48. The Hall–Kier alpha value is -1.98. The van der Waals surface area contributed by atoms with E-state index in [1.165, 1.54) is 19.1 Å². The molecule has 0 spiro atoms. The summed E-state index contributed by atoms with van der Waals surface area (Å²) in [5.74, 6) is -2.82. The number of aliphatic carboxylic acids is 1. The van der Waals surface area contributed by atoms with Crippen LogP contribution in [0.15, 0.2) is 36.4 Å². The first kappa shape index (κ1) is 14.1. The van der Waals surface area contributed by atoms with E-state index in [1.807, 2.05) is 0 Å². The molecule has 0 aliphatic rings. The summed E-state index contributed by atoms with van der Waals surface area (Å²) in [6.07, 6.45) is -4.77. The molecule has 0 heterocycles. The summed E-state index contributed by atoms with van der Waals surface area (Å²) in [7, 11) is 0. The number of carbonyl (C=O) groups is 1. The smallest absolute Gasteiger partial charge is 0.549 e. The van der Waals surface area contributed by atoms with E-state index in [-0.39, 0.29) is 5.56 Å². The van der Waals surface area contributed by atoms with Crippen LogP contribution in [0.4, 0.5) is 13.2 Å². The van der Waals surface area contributed by atoms with E-state index in [1.54, 1.807) is 0 Å². The molecule has 1 aromatic rings. The van der Waals surface area contributed by atoms with Crippen molar-refractivity contribution in [2.24, 2.45) is 0 Å². The predicted octanol–water partition coefficient (Wildman–Crippen LogP) is 1.99. The zero-order chi connectivity index (χ0) is 13.9. The van der Waals surface area contributed by atoms with Gasteiger partial charge in [0.15, 0.2) is 0 Å². The Balaban J connectivity index is 2.94. The zero-order valence-corrected chi connectivity index (χ0v) is 9.45. The highest BCUT2D eigenvalue weighted by Gasteiger charge is 2.31. The van der Waals surface area contributed by atoms with Crippen LogP contribution in [0.3, 0.4) is 0 Å². The summed E-state index contributed by atoms with van der Waals surface area (Å²) in [4.78, 5) is 10.9. The average molecular weight is 259 g/mol. The monoisotopic (exact) mass is 259 g/mol. The van der Waals surface area contributed by atoms with Crippen molar-refractivity contribution in [2.45, 2.75) is 19.2 Å². The number of halogens is 3. The van der Waals surface area contributed by atoms with Crippen LogP contribution in [-0.2, 0) is 4.79 Å². The van der Waals surface area contributed by atoms with Gasteiger partial charge in [0, 0.05) is 5.92 Å². The van der Waals surface area contributed by atoms with Gasteiger partial charge in [0.1, 0.15) is 5.75 Å². The Labute approximate surface area is 101 Å². The molecule has 0 aliphatic heterocycles. The van der Waals surface area contributed by atoms with E-state index >= 15 is 0 Å². The molecule has 0 N–H and O–H groups in total. The molecular weight excluding hydrogens is 249 g/mol. The fraction of sp³-hybridized carbons (Fsp3) is 0.250. The molecule has 1 rings (SSSR count). The lowest BCUT2D eigenvalue weighted by molar-refractivity contribution is -0.306. The van der Waals surface area contributed by atoms with Gasteiger partial charge in [0.2, 0.25) is 0 Å². The van der Waals surface area contributed by atoms with E-state index in [9.17, 15) is 23.1 Å². The molecule has 0 amide bonds. The number of carboxylic acid groups (broad SMARTS) is 1. The number of hydrogen-bond acceptors (Lipinski definition) is 3. The molecule has 18 heavy (non-hydrogen) atoms. The van der Waals surface area contributed by atoms with Gasteiger partial charge < -0.3 is 14.6 Å². The first-order chi connectivity index (χ1) is 8.20. The SMILES string of the molecule is C=C(C)C(C(=O)[O-])c1ccc(OC(F)(F)F)cc1. The molecule has 1 atom stereocenters. The topological polar surface area (TPSA) is 49.4 Å². The van der Waals surface area contributed by atoms with Crippen LogP contribution in [0.5, 0.6) is 5.75 Å². The van der Waals surface area contributed by atoms with Gasteiger partial charge in [-0.25, -0.2) is 0 Å². The van der Waals surface area contributed by atoms with Crippen molar-refractivity contribution in [1.29, 1.82) is 0 Å². The van der Waals surface area contributed by atoms with Crippen molar-refractivity contribution < 1.29 is 27.8 Å². The maximum Gasteiger partial charge on any atom is 0.573 e. The summed E-state index contributed by atoms with van der Waals surface area (Å²) in [6.45, 7) is 5.00. The van der Waals surface area contributed by atoms with Crippen LogP contribution in [0, 0.1) is 0 Å². The van der Waals surface area contributed by atoms with Crippen molar-refractivity contribution in [2.75, 3.05) is 0 Å². The first-order valence-corrected chi connectivity index (χ1v) is 4.92. The van der Waals surface area contributed by atoms with E-state index in [0.29, 0.717) is 5.57 Å². The number of carboxylic acids is 1. The predicted molar refractivity (Wildman–Crippen MR) is 55.7 cm³/mol. The van der Waals surface area contributed by atoms with Crippen molar-refractivity contribution in [1.82, 2.24) is 0 Å². The van der Waals surface area contributed by atoms with Gasteiger partial charge in [-0.15, -0.1) is 13.2 Å². The maximum atomic E-state index is 11.9. The van der Waals surface area contributed by atoms with Crippen LogP contribution in [0.1, 0.15) is 18.4 Å². The number of alkyl halides is 3. The molecule has 3 nitrogen and oxygen atoms in total. The highest BCUT2D eigenvalue weighted by Crippen LogP contribution is 2.27. The van der Waals surface area contributed by atoms with Gasteiger partial charge in [-0.2, -0.15) is 0 Å². The zero-order valence-electron chi connectivity index (χ0n) is 9.45. The average Bonchev–Trinajstić information content (AvgIpc) is 2.17. The highest BCUT2D eigenvalue weighted by atomic mass is 19.4. The third-order valence-corrected chi connectivity index (χ3v) is 2.18. The number of hydrogen-bond donors (Lipinski definition) is 0. The quantitative estimate of drug-likeness (QED) is 0.777. The number of carbonyl (C=O) groups excluding carboxylic acids is 1. The molecule has 0 radical (unpaired) electrons. The molecule has 0 bridgehead atoms. The summed E-state index contributed by atoms with van der Waals surface area (Å²) >= 11 is 0. The lowest BCUT2D eigenvalue weighted by Gasteiger charge is -2.19.